The number of nitrogens with zero attached hydrogens (tertiary/aromatic N) is 3. The van der Waals surface area contributed by atoms with Crippen LogP contribution in [-0.4, -0.2) is 22.0 Å². The van der Waals surface area contributed by atoms with Gasteiger partial charge in [-0.25, -0.2) is 0 Å². The second kappa shape index (κ2) is 6.29. The van der Waals surface area contributed by atoms with Crippen LogP contribution in [0.5, 0.6) is 5.75 Å². The first-order valence-corrected chi connectivity index (χ1v) is 6.25. The fraction of sp³-hybridized carbons (Fsp3) is 0.231. The Morgan fingerprint density at radius 1 is 1.25 bits per heavy atom. The maximum atomic E-state index is 10.9. The third kappa shape index (κ3) is 3.03. The highest BCUT2D eigenvalue weighted by atomic mass is 35.5. The summed E-state index contributed by atoms with van der Waals surface area (Å²) < 4.78 is 5.22. The molecule has 104 valence electrons. The SMILES string of the molecule is COc1c(Cl)cncc1CCc1cnccc1[N+](=O)[O-]. The summed E-state index contributed by atoms with van der Waals surface area (Å²) in [6.45, 7) is 0. The fourth-order valence-corrected chi connectivity index (χ4v) is 2.18. The minimum absolute atomic E-state index is 0.0638. The molecule has 0 atom stereocenters. The number of halogens is 1. The van der Waals surface area contributed by atoms with Gasteiger partial charge in [0, 0.05) is 42.0 Å². The van der Waals surface area contributed by atoms with Crippen molar-refractivity contribution in [3.05, 3.63) is 57.1 Å². The van der Waals surface area contributed by atoms with Gasteiger partial charge in [-0.05, 0) is 12.8 Å². The monoisotopic (exact) mass is 293 g/mol. The Bertz CT molecular complexity index is 634. The molecule has 0 unspecified atom stereocenters. The van der Waals surface area contributed by atoms with E-state index in [2.05, 4.69) is 9.97 Å². The van der Waals surface area contributed by atoms with E-state index in [1.54, 1.807) is 6.20 Å². The smallest absolute Gasteiger partial charge is 0.275 e. The lowest BCUT2D eigenvalue weighted by Gasteiger charge is -2.09. The van der Waals surface area contributed by atoms with Gasteiger partial charge in [0.05, 0.1) is 12.0 Å². The number of nitro groups is 1. The number of methoxy groups -OCH3 is 1. The van der Waals surface area contributed by atoms with Crippen molar-refractivity contribution in [3.63, 3.8) is 0 Å². The van der Waals surface area contributed by atoms with Crippen molar-refractivity contribution in [2.75, 3.05) is 7.11 Å². The summed E-state index contributed by atoms with van der Waals surface area (Å²) in [7, 11) is 1.53. The molecule has 0 saturated heterocycles. The van der Waals surface area contributed by atoms with Gasteiger partial charge in [0.15, 0.2) is 0 Å². The molecule has 0 bridgehead atoms. The normalized spacial score (nSPS) is 10.3. The van der Waals surface area contributed by atoms with E-state index in [0.717, 1.165) is 5.56 Å². The van der Waals surface area contributed by atoms with Crippen LogP contribution < -0.4 is 4.74 Å². The lowest BCUT2D eigenvalue weighted by molar-refractivity contribution is -0.385. The second-order valence-corrected chi connectivity index (χ2v) is 4.48. The van der Waals surface area contributed by atoms with Crippen LogP contribution in [0.4, 0.5) is 5.69 Å². The van der Waals surface area contributed by atoms with Gasteiger partial charge in [0.25, 0.3) is 5.69 Å². The summed E-state index contributed by atoms with van der Waals surface area (Å²) in [6, 6.07) is 1.39. The molecular weight excluding hydrogens is 282 g/mol. The standard InChI is InChI=1S/C13H12ClN3O3/c1-20-13-10(7-16-8-11(13)14)3-2-9-6-15-5-4-12(9)17(18)19/h4-8H,2-3H2,1H3. The van der Waals surface area contributed by atoms with Gasteiger partial charge in [-0.2, -0.15) is 0 Å². The van der Waals surface area contributed by atoms with Crippen molar-refractivity contribution < 1.29 is 9.66 Å². The number of hydrogen-bond acceptors (Lipinski definition) is 5. The zero-order chi connectivity index (χ0) is 14.5. The number of ether oxygens (including phenoxy) is 1. The minimum Gasteiger partial charge on any atom is -0.495 e. The van der Waals surface area contributed by atoms with Gasteiger partial charge in [-0.15, -0.1) is 0 Å². The Kier molecular flexibility index (Phi) is 4.47. The summed E-state index contributed by atoms with van der Waals surface area (Å²) >= 11 is 5.98. The largest absolute Gasteiger partial charge is 0.495 e. The number of aryl methyl sites for hydroxylation is 2. The third-order valence-corrected chi connectivity index (χ3v) is 3.14. The van der Waals surface area contributed by atoms with Crippen LogP contribution >= 0.6 is 11.6 Å². The average Bonchev–Trinajstić information content (AvgIpc) is 2.45. The van der Waals surface area contributed by atoms with Crippen LogP contribution in [0.3, 0.4) is 0 Å². The molecule has 2 aromatic heterocycles. The van der Waals surface area contributed by atoms with E-state index in [9.17, 15) is 10.1 Å². The van der Waals surface area contributed by atoms with Gasteiger partial charge in [0.1, 0.15) is 10.8 Å². The van der Waals surface area contributed by atoms with E-state index >= 15 is 0 Å². The van der Waals surface area contributed by atoms with Gasteiger partial charge in [-0.3, -0.25) is 20.1 Å². The molecule has 2 aromatic rings. The van der Waals surface area contributed by atoms with Crippen LogP contribution in [0.1, 0.15) is 11.1 Å². The van der Waals surface area contributed by atoms with E-state index in [1.165, 1.54) is 31.8 Å². The molecule has 0 spiro atoms. The molecule has 0 amide bonds. The topological polar surface area (TPSA) is 78.2 Å². The van der Waals surface area contributed by atoms with Crippen molar-refractivity contribution in [1.82, 2.24) is 9.97 Å². The van der Waals surface area contributed by atoms with Crippen molar-refractivity contribution >= 4 is 17.3 Å². The number of hydrogen-bond donors (Lipinski definition) is 0. The summed E-state index contributed by atoms with van der Waals surface area (Å²) in [5.74, 6) is 0.549. The van der Waals surface area contributed by atoms with Gasteiger partial charge in [0.2, 0.25) is 0 Å². The minimum atomic E-state index is -0.412. The quantitative estimate of drug-likeness (QED) is 0.625. The molecule has 0 aliphatic rings. The lowest BCUT2D eigenvalue weighted by Crippen LogP contribution is -2.01. The zero-order valence-electron chi connectivity index (χ0n) is 10.7. The first-order valence-electron chi connectivity index (χ1n) is 5.87. The van der Waals surface area contributed by atoms with Crippen LogP contribution in [0.2, 0.25) is 5.02 Å². The molecule has 0 aliphatic heterocycles. The molecule has 20 heavy (non-hydrogen) atoms. The summed E-state index contributed by atoms with van der Waals surface area (Å²) in [5.41, 5.74) is 1.44. The molecule has 2 heterocycles. The second-order valence-electron chi connectivity index (χ2n) is 4.08. The first-order chi connectivity index (χ1) is 9.63. The van der Waals surface area contributed by atoms with Crippen molar-refractivity contribution in [3.8, 4) is 5.75 Å². The summed E-state index contributed by atoms with van der Waals surface area (Å²) in [5, 5.41) is 11.4. The van der Waals surface area contributed by atoms with Crippen LogP contribution in [-0.2, 0) is 12.8 Å². The van der Waals surface area contributed by atoms with Gasteiger partial charge >= 0.3 is 0 Å². The highest BCUT2D eigenvalue weighted by molar-refractivity contribution is 6.32. The molecule has 6 nitrogen and oxygen atoms in total. The average molecular weight is 294 g/mol. The Labute approximate surface area is 120 Å². The molecule has 2 rings (SSSR count). The van der Waals surface area contributed by atoms with Gasteiger partial charge < -0.3 is 4.74 Å². The molecule has 0 radical (unpaired) electrons. The zero-order valence-corrected chi connectivity index (χ0v) is 11.5. The molecule has 0 aromatic carbocycles. The van der Waals surface area contributed by atoms with Crippen molar-refractivity contribution in [2.24, 2.45) is 0 Å². The molecule has 7 heteroatoms. The number of pyridine rings is 2. The molecule has 0 fully saturated rings. The maximum absolute atomic E-state index is 10.9. The Balaban J connectivity index is 2.22. The van der Waals surface area contributed by atoms with Crippen molar-refractivity contribution in [2.45, 2.75) is 12.8 Å². The fourth-order valence-electron chi connectivity index (χ4n) is 1.93. The summed E-state index contributed by atoms with van der Waals surface area (Å²) in [4.78, 5) is 18.4. The highest BCUT2D eigenvalue weighted by Crippen LogP contribution is 2.28. The molecule has 0 saturated carbocycles. The lowest BCUT2D eigenvalue weighted by atomic mass is 10.1. The molecule has 0 aliphatic carbocycles. The van der Waals surface area contributed by atoms with Gasteiger partial charge in [-0.1, -0.05) is 11.6 Å². The van der Waals surface area contributed by atoms with E-state index in [4.69, 9.17) is 16.3 Å². The van der Waals surface area contributed by atoms with Crippen LogP contribution in [0.15, 0.2) is 30.9 Å². The predicted octanol–water partition coefficient (Wildman–Crippen LogP) is 2.83. The Morgan fingerprint density at radius 2 is 1.95 bits per heavy atom. The van der Waals surface area contributed by atoms with Crippen LogP contribution in [0.25, 0.3) is 0 Å². The third-order valence-electron chi connectivity index (χ3n) is 2.87. The van der Waals surface area contributed by atoms with Crippen LogP contribution in [0, 0.1) is 10.1 Å². The summed E-state index contributed by atoms with van der Waals surface area (Å²) in [6.07, 6.45) is 7.04. The Morgan fingerprint density at radius 3 is 2.65 bits per heavy atom. The number of aromatic nitrogens is 2. The first kappa shape index (κ1) is 14.2. The highest BCUT2D eigenvalue weighted by Gasteiger charge is 2.14. The van der Waals surface area contributed by atoms with E-state index in [1.807, 2.05) is 0 Å². The van der Waals surface area contributed by atoms with E-state index < -0.39 is 4.92 Å². The maximum Gasteiger partial charge on any atom is 0.275 e. The van der Waals surface area contributed by atoms with E-state index in [-0.39, 0.29) is 5.69 Å². The Hall–Kier alpha value is -2.21. The molecular formula is C13H12ClN3O3. The molecule has 0 N–H and O–H groups in total. The van der Waals surface area contributed by atoms with E-state index in [0.29, 0.717) is 29.2 Å². The predicted molar refractivity (Wildman–Crippen MR) is 74.1 cm³/mol. The number of rotatable bonds is 5. The van der Waals surface area contributed by atoms with Crippen molar-refractivity contribution in [1.29, 1.82) is 0 Å².